The lowest BCUT2D eigenvalue weighted by atomic mass is 10.1. The van der Waals surface area contributed by atoms with Gasteiger partial charge < -0.3 is 15.4 Å². The Bertz CT molecular complexity index is 798. The van der Waals surface area contributed by atoms with E-state index in [4.69, 9.17) is 5.11 Å². The Morgan fingerprint density at radius 3 is 2.74 bits per heavy atom. The van der Waals surface area contributed by atoms with Crippen LogP contribution in [0.5, 0.6) is 0 Å². The molecular formula is C16H17N3O4. The second kappa shape index (κ2) is 6.87. The summed E-state index contributed by atoms with van der Waals surface area (Å²) in [6.07, 6.45) is 0.628. The van der Waals surface area contributed by atoms with Crippen molar-refractivity contribution in [3.8, 4) is 11.4 Å². The molecule has 0 aliphatic carbocycles. The summed E-state index contributed by atoms with van der Waals surface area (Å²) in [4.78, 5) is 41.2. The molecule has 7 nitrogen and oxygen atoms in total. The van der Waals surface area contributed by atoms with Gasteiger partial charge in [-0.15, -0.1) is 0 Å². The fourth-order valence-corrected chi connectivity index (χ4v) is 1.93. The highest BCUT2D eigenvalue weighted by molar-refractivity contribution is 6.04. The number of carbonyl (C=O) groups excluding carboxylic acids is 1. The average molecular weight is 315 g/mol. The average Bonchev–Trinajstić information content (AvgIpc) is 2.53. The van der Waals surface area contributed by atoms with Crippen molar-refractivity contribution in [1.29, 1.82) is 0 Å². The zero-order valence-electron chi connectivity index (χ0n) is 12.8. The zero-order chi connectivity index (χ0) is 17.0. The summed E-state index contributed by atoms with van der Waals surface area (Å²) in [6, 6.07) is 8.13. The van der Waals surface area contributed by atoms with E-state index in [1.807, 2.05) is 6.92 Å². The zero-order valence-corrected chi connectivity index (χ0v) is 12.8. The normalized spacial score (nSPS) is 11.7. The van der Waals surface area contributed by atoms with Crippen molar-refractivity contribution >= 4 is 17.6 Å². The van der Waals surface area contributed by atoms with E-state index in [0.717, 1.165) is 0 Å². The lowest BCUT2D eigenvalue weighted by Crippen LogP contribution is -2.26. The molecule has 1 aromatic heterocycles. The topological polar surface area (TPSA) is 112 Å². The van der Waals surface area contributed by atoms with E-state index in [-0.39, 0.29) is 5.56 Å². The first-order valence-corrected chi connectivity index (χ1v) is 7.15. The first kappa shape index (κ1) is 16.4. The largest absolute Gasteiger partial charge is 0.481 e. The van der Waals surface area contributed by atoms with E-state index in [1.165, 1.54) is 13.0 Å². The third kappa shape index (κ3) is 4.03. The van der Waals surface area contributed by atoms with Crippen molar-refractivity contribution in [2.75, 3.05) is 5.32 Å². The molecule has 1 unspecified atom stereocenters. The molecule has 0 saturated heterocycles. The summed E-state index contributed by atoms with van der Waals surface area (Å²) in [7, 11) is 0. The van der Waals surface area contributed by atoms with Crippen molar-refractivity contribution in [2.24, 2.45) is 5.92 Å². The van der Waals surface area contributed by atoms with Crippen molar-refractivity contribution in [3.05, 3.63) is 46.4 Å². The number of H-pyrrole nitrogens is 1. The molecular weight excluding hydrogens is 298 g/mol. The lowest BCUT2D eigenvalue weighted by Gasteiger charge is -2.10. The number of rotatable bonds is 5. The van der Waals surface area contributed by atoms with Crippen LogP contribution in [0.3, 0.4) is 0 Å². The molecule has 2 rings (SSSR count). The highest BCUT2D eigenvalue weighted by atomic mass is 16.4. The molecule has 7 heteroatoms. The fraction of sp³-hybridized carbons (Fsp3) is 0.250. The van der Waals surface area contributed by atoms with Gasteiger partial charge in [-0.1, -0.05) is 19.1 Å². The fourth-order valence-electron chi connectivity index (χ4n) is 1.93. The van der Waals surface area contributed by atoms with Crippen molar-refractivity contribution < 1.29 is 14.7 Å². The van der Waals surface area contributed by atoms with Gasteiger partial charge in [0, 0.05) is 23.0 Å². The van der Waals surface area contributed by atoms with Crippen LogP contribution in [0.15, 0.2) is 35.1 Å². The van der Waals surface area contributed by atoms with E-state index < -0.39 is 17.8 Å². The van der Waals surface area contributed by atoms with Crippen molar-refractivity contribution in [3.63, 3.8) is 0 Å². The maximum absolute atomic E-state index is 11.8. The Hall–Kier alpha value is -2.96. The van der Waals surface area contributed by atoms with Gasteiger partial charge in [-0.2, -0.15) is 0 Å². The molecule has 3 N–H and O–H groups in total. The minimum atomic E-state index is -1.19. The van der Waals surface area contributed by atoms with Gasteiger partial charge in [0.05, 0.1) is 0 Å². The number of hydrogen-bond donors (Lipinski definition) is 3. The Morgan fingerprint density at radius 2 is 2.09 bits per heavy atom. The van der Waals surface area contributed by atoms with Crippen LogP contribution in [0.25, 0.3) is 11.4 Å². The van der Waals surface area contributed by atoms with E-state index in [1.54, 1.807) is 24.3 Å². The number of carboxylic acids is 1. The van der Waals surface area contributed by atoms with Gasteiger partial charge in [-0.05, 0) is 25.5 Å². The van der Waals surface area contributed by atoms with Crippen LogP contribution in [0.1, 0.15) is 19.5 Å². The van der Waals surface area contributed by atoms with Crippen LogP contribution in [-0.2, 0) is 16.0 Å². The Balaban J connectivity index is 2.30. The number of carbonyl (C=O) groups is 2. The van der Waals surface area contributed by atoms with E-state index in [2.05, 4.69) is 15.3 Å². The third-order valence-corrected chi connectivity index (χ3v) is 3.32. The van der Waals surface area contributed by atoms with Gasteiger partial charge in [0.1, 0.15) is 11.7 Å². The first-order valence-electron chi connectivity index (χ1n) is 7.15. The third-order valence-electron chi connectivity index (χ3n) is 3.32. The van der Waals surface area contributed by atoms with E-state index in [9.17, 15) is 14.4 Å². The minimum Gasteiger partial charge on any atom is -0.481 e. The molecule has 0 spiro atoms. The van der Waals surface area contributed by atoms with Crippen molar-refractivity contribution in [1.82, 2.24) is 9.97 Å². The predicted octanol–water partition coefficient (Wildman–Crippen LogP) is 1.66. The molecule has 0 saturated carbocycles. The van der Waals surface area contributed by atoms with Gasteiger partial charge in [-0.25, -0.2) is 4.98 Å². The minimum absolute atomic E-state index is 0.249. The first-order chi connectivity index (χ1) is 10.9. The van der Waals surface area contributed by atoms with Gasteiger partial charge in [0.2, 0.25) is 5.91 Å². The number of carboxylic acid groups (broad SMARTS) is 1. The van der Waals surface area contributed by atoms with Crippen LogP contribution in [0.2, 0.25) is 0 Å². The molecule has 0 radical (unpaired) electrons. The molecule has 1 heterocycles. The monoisotopic (exact) mass is 315 g/mol. The van der Waals surface area contributed by atoms with E-state index >= 15 is 0 Å². The van der Waals surface area contributed by atoms with Gasteiger partial charge in [-0.3, -0.25) is 14.4 Å². The Morgan fingerprint density at radius 1 is 1.35 bits per heavy atom. The molecule has 0 bridgehead atoms. The molecule has 0 aliphatic heterocycles. The molecule has 2 aromatic rings. The molecule has 1 atom stereocenters. The smallest absolute Gasteiger partial charge is 0.315 e. The summed E-state index contributed by atoms with van der Waals surface area (Å²) in [5.41, 5.74) is 1.47. The number of aliphatic carboxylic acids is 1. The van der Waals surface area contributed by atoms with Crippen LogP contribution in [0, 0.1) is 5.92 Å². The summed E-state index contributed by atoms with van der Waals surface area (Å²) >= 11 is 0. The number of aryl methyl sites for hydroxylation is 1. The number of aromatic amines is 1. The van der Waals surface area contributed by atoms with Crippen LogP contribution < -0.4 is 10.9 Å². The second-order valence-corrected chi connectivity index (χ2v) is 5.07. The Kier molecular flexibility index (Phi) is 4.90. The summed E-state index contributed by atoms with van der Waals surface area (Å²) < 4.78 is 0. The lowest BCUT2D eigenvalue weighted by molar-refractivity contribution is -0.144. The van der Waals surface area contributed by atoms with Gasteiger partial charge in [0.25, 0.3) is 5.56 Å². The number of amides is 1. The highest BCUT2D eigenvalue weighted by Crippen LogP contribution is 2.19. The summed E-state index contributed by atoms with van der Waals surface area (Å²) in [5.74, 6) is -2.56. The standard InChI is InChI=1S/C16H17N3O4/c1-3-11-8-13(20)19-14(17-11)10-5-4-6-12(7-10)18-15(21)9(2)16(22)23/h4-9H,3H2,1-2H3,(H,18,21)(H,22,23)(H,17,19,20). The molecule has 23 heavy (non-hydrogen) atoms. The number of aromatic nitrogens is 2. The Labute approximate surface area is 132 Å². The number of anilines is 1. The van der Waals surface area contributed by atoms with Gasteiger partial charge in [0.15, 0.2) is 0 Å². The summed E-state index contributed by atoms with van der Waals surface area (Å²) in [5, 5.41) is 11.4. The maximum Gasteiger partial charge on any atom is 0.315 e. The molecule has 1 amide bonds. The van der Waals surface area contributed by atoms with Crippen LogP contribution >= 0.6 is 0 Å². The van der Waals surface area contributed by atoms with E-state index in [0.29, 0.717) is 29.2 Å². The predicted molar refractivity (Wildman–Crippen MR) is 85.1 cm³/mol. The highest BCUT2D eigenvalue weighted by Gasteiger charge is 2.20. The number of benzene rings is 1. The molecule has 0 fully saturated rings. The number of hydrogen-bond acceptors (Lipinski definition) is 4. The SMILES string of the molecule is CCc1cc(=O)[nH]c(-c2cccc(NC(=O)C(C)C(=O)O)c2)n1. The second-order valence-electron chi connectivity index (χ2n) is 5.07. The number of nitrogens with zero attached hydrogens (tertiary/aromatic N) is 1. The molecule has 0 aliphatic rings. The van der Waals surface area contributed by atoms with Crippen molar-refractivity contribution in [2.45, 2.75) is 20.3 Å². The quantitative estimate of drug-likeness (QED) is 0.726. The molecule has 120 valence electrons. The summed E-state index contributed by atoms with van der Waals surface area (Å²) in [6.45, 7) is 3.21. The molecule has 1 aromatic carbocycles. The maximum atomic E-state index is 11.8. The number of nitrogens with one attached hydrogen (secondary N) is 2. The van der Waals surface area contributed by atoms with Crippen LogP contribution in [-0.4, -0.2) is 27.0 Å². The van der Waals surface area contributed by atoms with Crippen LogP contribution in [0.4, 0.5) is 5.69 Å². The van der Waals surface area contributed by atoms with Gasteiger partial charge >= 0.3 is 5.97 Å².